The summed E-state index contributed by atoms with van der Waals surface area (Å²) in [6.45, 7) is 3.15. The topological polar surface area (TPSA) is 59.5 Å². The van der Waals surface area contributed by atoms with Gasteiger partial charge in [0.25, 0.3) is 0 Å². The van der Waals surface area contributed by atoms with Crippen molar-refractivity contribution in [3.05, 3.63) is 30.5 Å². The predicted molar refractivity (Wildman–Crippen MR) is 93.0 cm³/mol. The molecule has 0 aliphatic rings. The van der Waals surface area contributed by atoms with Gasteiger partial charge < -0.3 is 19.7 Å². The van der Waals surface area contributed by atoms with Gasteiger partial charge in [0.05, 0.1) is 19.9 Å². The zero-order valence-corrected chi connectivity index (χ0v) is 14.2. The van der Waals surface area contributed by atoms with Crippen molar-refractivity contribution in [1.29, 1.82) is 0 Å². The molecule has 1 N–H and O–H groups in total. The average Bonchev–Trinajstić information content (AvgIpc) is 2.60. The summed E-state index contributed by atoms with van der Waals surface area (Å²) in [5.41, 5.74) is 0.793. The Balaban J connectivity index is 2.17. The van der Waals surface area contributed by atoms with Gasteiger partial charge in [0.15, 0.2) is 0 Å². The lowest BCUT2D eigenvalue weighted by molar-refractivity contribution is 0.395. The molecule has 0 aliphatic carbocycles. The van der Waals surface area contributed by atoms with Crippen LogP contribution in [0.2, 0.25) is 0 Å². The Morgan fingerprint density at radius 1 is 1.17 bits per heavy atom. The highest BCUT2D eigenvalue weighted by molar-refractivity contribution is 5.64. The molecule has 0 amide bonds. The van der Waals surface area contributed by atoms with Gasteiger partial charge in [-0.15, -0.1) is 0 Å². The minimum absolute atomic E-state index is 0.536. The lowest BCUT2D eigenvalue weighted by atomic mass is 10.2. The van der Waals surface area contributed by atoms with E-state index in [1.807, 2.05) is 31.3 Å². The molecule has 0 saturated carbocycles. The minimum Gasteiger partial charge on any atom is -0.497 e. The molecular weight excluding hydrogens is 292 g/mol. The van der Waals surface area contributed by atoms with Gasteiger partial charge in [-0.3, -0.25) is 0 Å². The Kier molecular flexibility index (Phi) is 6.02. The molecule has 0 radical (unpaired) electrons. The molecule has 2 aromatic rings. The van der Waals surface area contributed by atoms with E-state index in [2.05, 4.69) is 27.1 Å². The number of ether oxygens (including phenoxy) is 2. The summed E-state index contributed by atoms with van der Waals surface area (Å²) in [6.07, 6.45) is 4.04. The van der Waals surface area contributed by atoms with E-state index in [1.165, 1.54) is 0 Å². The molecule has 6 heteroatoms. The molecule has 0 saturated heterocycles. The van der Waals surface area contributed by atoms with E-state index in [9.17, 15) is 0 Å². The Bertz CT molecular complexity index is 634. The summed E-state index contributed by atoms with van der Waals surface area (Å²) in [6, 6.07) is 7.47. The van der Waals surface area contributed by atoms with Crippen LogP contribution in [0, 0.1) is 0 Å². The van der Waals surface area contributed by atoms with E-state index in [1.54, 1.807) is 20.4 Å². The van der Waals surface area contributed by atoms with Crippen LogP contribution in [0.15, 0.2) is 30.5 Å². The van der Waals surface area contributed by atoms with Gasteiger partial charge in [0.1, 0.15) is 17.3 Å². The molecule has 124 valence electrons. The van der Waals surface area contributed by atoms with Crippen molar-refractivity contribution < 1.29 is 9.47 Å². The van der Waals surface area contributed by atoms with Gasteiger partial charge in [-0.1, -0.05) is 13.3 Å². The number of nitrogens with zero attached hydrogens (tertiary/aromatic N) is 3. The lowest BCUT2D eigenvalue weighted by Crippen LogP contribution is -2.20. The van der Waals surface area contributed by atoms with Crippen molar-refractivity contribution in [2.75, 3.05) is 38.0 Å². The SMILES string of the molecule is CCCCN(C)c1ccnc(Nc2ccc(OC)cc2OC)n1. The molecule has 0 bridgehead atoms. The largest absolute Gasteiger partial charge is 0.497 e. The van der Waals surface area contributed by atoms with Crippen molar-refractivity contribution >= 4 is 17.5 Å². The molecule has 1 aromatic heterocycles. The van der Waals surface area contributed by atoms with Gasteiger partial charge in [-0.25, -0.2) is 4.98 Å². The van der Waals surface area contributed by atoms with Gasteiger partial charge in [0, 0.05) is 25.9 Å². The second-order valence-corrected chi connectivity index (χ2v) is 5.20. The summed E-state index contributed by atoms with van der Waals surface area (Å²) in [7, 11) is 5.28. The number of benzene rings is 1. The second kappa shape index (κ2) is 8.22. The number of nitrogens with one attached hydrogen (secondary N) is 1. The maximum Gasteiger partial charge on any atom is 0.229 e. The lowest BCUT2D eigenvalue weighted by Gasteiger charge is -2.18. The number of aromatic nitrogens is 2. The molecule has 0 unspecified atom stereocenters. The molecule has 23 heavy (non-hydrogen) atoms. The highest BCUT2D eigenvalue weighted by Crippen LogP contribution is 2.30. The number of methoxy groups -OCH3 is 2. The maximum absolute atomic E-state index is 5.38. The van der Waals surface area contributed by atoms with E-state index in [0.29, 0.717) is 11.7 Å². The summed E-state index contributed by atoms with van der Waals surface area (Å²) < 4.78 is 10.6. The Hall–Kier alpha value is -2.50. The smallest absolute Gasteiger partial charge is 0.229 e. The van der Waals surface area contributed by atoms with Crippen LogP contribution in [-0.4, -0.2) is 37.8 Å². The van der Waals surface area contributed by atoms with E-state index >= 15 is 0 Å². The Morgan fingerprint density at radius 3 is 2.70 bits per heavy atom. The van der Waals surface area contributed by atoms with Gasteiger partial charge in [-0.05, 0) is 24.6 Å². The van der Waals surface area contributed by atoms with Crippen molar-refractivity contribution in [3.8, 4) is 11.5 Å². The van der Waals surface area contributed by atoms with E-state index in [-0.39, 0.29) is 0 Å². The summed E-state index contributed by atoms with van der Waals surface area (Å²) in [4.78, 5) is 11.0. The van der Waals surface area contributed by atoms with Crippen LogP contribution < -0.4 is 19.7 Å². The highest BCUT2D eigenvalue weighted by atomic mass is 16.5. The predicted octanol–water partition coefficient (Wildman–Crippen LogP) is 3.47. The fourth-order valence-corrected chi connectivity index (χ4v) is 2.15. The van der Waals surface area contributed by atoms with Crippen molar-refractivity contribution in [2.24, 2.45) is 0 Å². The van der Waals surface area contributed by atoms with Gasteiger partial charge in [0.2, 0.25) is 5.95 Å². The molecular formula is C17H24N4O2. The zero-order chi connectivity index (χ0) is 16.7. The number of unbranched alkanes of at least 4 members (excludes halogenated alkanes) is 1. The molecule has 6 nitrogen and oxygen atoms in total. The van der Waals surface area contributed by atoms with Crippen LogP contribution in [-0.2, 0) is 0 Å². The summed E-state index contributed by atoms with van der Waals surface area (Å²) in [5.74, 6) is 2.84. The first-order chi connectivity index (χ1) is 11.2. The summed E-state index contributed by atoms with van der Waals surface area (Å²) >= 11 is 0. The highest BCUT2D eigenvalue weighted by Gasteiger charge is 2.08. The number of hydrogen-bond donors (Lipinski definition) is 1. The standard InChI is InChI=1S/C17H24N4O2/c1-5-6-11-21(2)16-9-10-18-17(20-16)19-14-8-7-13(22-3)12-15(14)23-4/h7-10,12H,5-6,11H2,1-4H3,(H,18,19,20). The minimum atomic E-state index is 0.536. The van der Waals surface area contributed by atoms with E-state index in [4.69, 9.17) is 9.47 Å². The van der Waals surface area contributed by atoms with Gasteiger partial charge in [-0.2, -0.15) is 4.98 Å². The number of hydrogen-bond acceptors (Lipinski definition) is 6. The van der Waals surface area contributed by atoms with Crippen LogP contribution in [0.1, 0.15) is 19.8 Å². The van der Waals surface area contributed by atoms with E-state index in [0.717, 1.165) is 36.6 Å². The fraction of sp³-hybridized carbons (Fsp3) is 0.412. The van der Waals surface area contributed by atoms with Crippen LogP contribution in [0.5, 0.6) is 11.5 Å². The van der Waals surface area contributed by atoms with Crippen LogP contribution in [0.3, 0.4) is 0 Å². The number of rotatable bonds is 8. The third kappa shape index (κ3) is 4.48. The second-order valence-electron chi connectivity index (χ2n) is 5.20. The third-order valence-electron chi connectivity index (χ3n) is 3.53. The first-order valence-corrected chi connectivity index (χ1v) is 7.71. The number of anilines is 3. The first kappa shape index (κ1) is 16.9. The molecule has 0 spiro atoms. The van der Waals surface area contributed by atoms with Crippen molar-refractivity contribution in [3.63, 3.8) is 0 Å². The molecule has 0 aliphatic heterocycles. The van der Waals surface area contributed by atoms with Crippen molar-refractivity contribution in [2.45, 2.75) is 19.8 Å². The van der Waals surface area contributed by atoms with Crippen LogP contribution >= 0.6 is 0 Å². The summed E-state index contributed by atoms with van der Waals surface area (Å²) in [5, 5.41) is 3.20. The molecule has 0 fully saturated rings. The monoisotopic (exact) mass is 316 g/mol. The van der Waals surface area contributed by atoms with E-state index < -0.39 is 0 Å². The van der Waals surface area contributed by atoms with Crippen molar-refractivity contribution in [1.82, 2.24) is 9.97 Å². The van der Waals surface area contributed by atoms with Crippen LogP contribution in [0.25, 0.3) is 0 Å². The third-order valence-corrected chi connectivity index (χ3v) is 3.53. The van der Waals surface area contributed by atoms with Crippen LogP contribution in [0.4, 0.5) is 17.5 Å². The zero-order valence-electron chi connectivity index (χ0n) is 14.2. The molecule has 2 rings (SSSR count). The Labute approximate surface area is 137 Å². The quantitative estimate of drug-likeness (QED) is 0.804. The van der Waals surface area contributed by atoms with Gasteiger partial charge >= 0.3 is 0 Å². The molecule has 1 heterocycles. The normalized spacial score (nSPS) is 10.3. The fourth-order valence-electron chi connectivity index (χ4n) is 2.15. The molecule has 1 aromatic carbocycles. The Morgan fingerprint density at radius 2 is 2.00 bits per heavy atom. The maximum atomic E-state index is 5.38. The first-order valence-electron chi connectivity index (χ1n) is 7.71. The molecule has 0 atom stereocenters. The average molecular weight is 316 g/mol.